The lowest BCUT2D eigenvalue weighted by Crippen LogP contribution is -2.43. The summed E-state index contributed by atoms with van der Waals surface area (Å²) in [7, 11) is 0. The Morgan fingerprint density at radius 1 is 1.19 bits per heavy atom. The summed E-state index contributed by atoms with van der Waals surface area (Å²) in [4.78, 5) is 31.6. The van der Waals surface area contributed by atoms with E-state index in [1.54, 1.807) is 17.0 Å². The first-order valence-electron chi connectivity index (χ1n) is 10.5. The van der Waals surface area contributed by atoms with E-state index in [1.807, 2.05) is 5.38 Å². The molecule has 1 fully saturated rings. The number of hydrogen-bond acceptors (Lipinski definition) is 5. The molecule has 3 heterocycles. The van der Waals surface area contributed by atoms with Crippen LogP contribution in [0.3, 0.4) is 0 Å². The second kappa shape index (κ2) is 8.67. The van der Waals surface area contributed by atoms with Crippen molar-refractivity contribution in [1.82, 2.24) is 9.88 Å². The summed E-state index contributed by atoms with van der Waals surface area (Å²) in [6.07, 6.45) is 3.02. The van der Waals surface area contributed by atoms with Gasteiger partial charge in [0.15, 0.2) is 10.9 Å². The molecule has 4 rings (SSSR count). The van der Waals surface area contributed by atoms with Crippen LogP contribution in [0.25, 0.3) is 11.3 Å². The minimum Gasteiger partial charge on any atom is -0.459 e. The molecule has 1 saturated heterocycles. The highest BCUT2D eigenvalue weighted by atomic mass is 32.1. The molecule has 1 N–H and O–H groups in total. The minimum atomic E-state index is -0.258. The predicted octanol–water partition coefficient (Wildman–Crippen LogP) is 5.19. The summed E-state index contributed by atoms with van der Waals surface area (Å²) in [5.41, 5.74) is 3.24. The normalized spacial score (nSPS) is 16.9. The van der Waals surface area contributed by atoms with Crippen molar-refractivity contribution >= 4 is 28.3 Å². The highest BCUT2D eigenvalue weighted by Gasteiger charge is 2.30. The van der Waals surface area contributed by atoms with Gasteiger partial charge in [0.1, 0.15) is 0 Å². The Kier molecular flexibility index (Phi) is 5.96. The third kappa shape index (κ3) is 4.88. The summed E-state index contributed by atoms with van der Waals surface area (Å²) in [6.45, 7) is 7.58. The Balaban J connectivity index is 1.39. The number of furan rings is 1. The Morgan fingerprint density at radius 2 is 1.97 bits per heavy atom. The fourth-order valence-corrected chi connectivity index (χ4v) is 4.47. The van der Waals surface area contributed by atoms with Gasteiger partial charge < -0.3 is 14.6 Å². The van der Waals surface area contributed by atoms with Crippen molar-refractivity contribution in [3.05, 3.63) is 59.4 Å². The molecule has 0 saturated carbocycles. The van der Waals surface area contributed by atoms with Crippen LogP contribution in [-0.4, -0.2) is 34.8 Å². The molecule has 0 aliphatic carbocycles. The van der Waals surface area contributed by atoms with E-state index in [0.717, 1.165) is 24.1 Å². The van der Waals surface area contributed by atoms with E-state index in [0.29, 0.717) is 24.0 Å². The lowest BCUT2D eigenvalue weighted by molar-refractivity contribution is -0.121. The zero-order chi connectivity index (χ0) is 22.0. The Morgan fingerprint density at radius 3 is 2.65 bits per heavy atom. The summed E-state index contributed by atoms with van der Waals surface area (Å²) in [5.74, 6) is -0.215. The van der Waals surface area contributed by atoms with Gasteiger partial charge in [0.25, 0.3) is 5.91 Å². The van der Waals surface area contributed by atoms with Crippen LogP contribution >= 0.6 is 11.3 Å². The Hall–Kier alpha value is -2.93. The van der Waals surface area contributed by atoms with Gasteiger partial charge in [-0.15, -0.1) is 11.3 Å². The zero-order valence-electron chi connectivity index (χ0n) is 18.1. The van der Waals surface area contributed by atoms with E-state index in [1.165, 1.54) is 23.2 Å². The average molecular weight is 438 g/mol. The molecule has 2 amide bonds. The number of carbonyl (C=O) groups is 2. The third-order valence-corrected chi connectivity index (χ3v) is 6.35. The molecular formula is C24H27N3O3S. The minimum absolute atomic E-state index is 0.0964. The molecule has 1 atom stereocenters. The second-order valence-corrected chi connectivity index (χ2v) is 9.78. The molecule has 0 radical (unpaired) electrons. The van der Waals surface area contributed by atoms with Gasteiger partial charge in [0.05, 0.1) is 17.9 Å². The van der Waals surface area contributed by atoms with Crippen LogP contribution in [0.4, 0.5) is 5.13 Å². The van der Waals surface area contributed by atoms with Gasteiger partial charge in [0.2, 0.25) is 5.91 Å². The maximum Gasteiger partial charge on any atom is 0.289 e. The highest BCUT2D eigenvalue weighted by Crippen LogP contribution is 2.29. The van der Waals surface area contributed by atoms with Crippen LogP contribution in [0.1, 0.15) is 49.7 Å². The fourth-order valence-electron chi connectivity index (χ4n) is 3.74. The first kappa shape index (κ1) is 21.3. The lowest BCUT2D eigenvalue weighted by atomic mass is 9.86. The van der Waals surface area contributed by atoms with Crippen molar-refractivity contribution in [3.63, 3.8) is 0 Å². The van der Waals surface area contributed by atoms with Crippen LogP contribution in [0.5, 0.6) is 0 Å². The number of nitrogens with one attached hydrogen (secondary N) is 1. The molecule has 7 heteroatoms. The lowest BCUT2D eigenvalue weighted by Gasteiger charge is -2.31. The molecule has 1 aliphatic heterocycles. The zero-order valence-corrected chi connectivity index (χ0v) is 18.9. The predicted molar refractivity (Wildman–Crippen MR) is 122 cm³/mol. The van der Waals surface area contributed by atoms with Gasteiger partial charge in [-0.05, 0) is 36.0 Å². The molecule has 0 bridgehead atoms. The van der Waals surface area contributed by atoms with Crippen LogP contribution in [-0.2, 0) is 10.2 Å². The standard InChI is InChI=1S/C24H27N3O3S/c1-24(2,3)18-10-8-16(9-11-18)19-15-31-23(25-19)26-21(28)17-6-4-12-27(14-17)22(29)20-7-5-13-30-20/h5,7-11,13,15,17H,4,6,12,14H2,1-3H3,(H,25,26,28)/t17-/m0/s1. The number of anilines is 1. The van der Waals surface area contributed by atoms with Crippen LogP contribution < -0.4 is 5.32 Å². The van der Waals surface area contributed by atoms with E-state index in [-0.39, 0.29) is 23.1 Å². The largest absolute Gasteiger partial charge is 0.459 e. The number of aromatic nitrogens is 1. The summed E-state index contributed by atoms with van der Waals surface area (Å²) in [6, 6.07) is 11.7. The second-order valence-electron chi connectivity index (χ2n) is 8.92. The van der Waals surface area contributed by atoms with Gasteiger partial charge in [-0.25, -0.2) is 4.98 Å². The number of likely N-dealkylation sites (tertiary alicyclic amines) is 1. The summed E-state index contributed by atoms with van der Waals surface area (Å²) >= 11 is 1.41. The SMILES string of the molecule is CC(C)(C)c1ccc(-c2csc(NC(=O)[C@H]3CCCN(C(=O)c4ccco4)C3)n2)cc1. The van der Waals surface area contributed by atoms with Crippen LogP contribution in [0.2, 0.25) is 0 Å². The maximum atomic E-state index is 12.8. The number of rotatable bonds is 4. The molecule has 31 heavy (non-hydrogen) atoms. The molecular weight excluding hydrogens is 410 g/mol. The van der Waals surface area contributed by atoms with Gasteiger partial charge >= 0.3 is 0 Å². The Labute approximate surface area is 186 Å². The highest BCUT2D eigenvalue weighted by molar-refractivity contribution is 7.14. The quantitative estimate of drug-likeness (QED) is 0.609. The van der Waals surface area contributed by atoms with Gasteiger partial charge in [-0.3, -0.25) is 9.59 Å². The third-order valence-electron chi connectivity index (χ3n) is 5.59. The van der Waals surface area contributed by atoms with Gasteiger partial charge in [-0.1, -0.05) is 45.0 Å². The number of benzene rings is 1. The monoisotopic (exact) mass is 437 g/mol. The topological polar surface area (TPSA) is 75.4 Å². The molecule has 0 spiro atoms. The number of nitrogens with zero attached hydrogens (tertiary/aromatic N) is 2. The number of thiazole rings is 1. The summed E-state index contributed by atoms with van der Waals surface area (Å²) < 4.78 is 5.21. The van der Waals surface area contributed by atoms with E-state index in [9.17, 15) is 9.59 Å². The maximum absolute atomic E-state index is 12.8. The van der Waals surface area contributed by atoms with Crippen LogP contribution in [0, 0.1) is 5.92 Å². The van der Waals surface area contributed by atoms with Crippen molar-refractivity contribution in [2.24, 2.45) is 5.92 Å². The number of hydrogen-bond donors (Lipinski definition) is 1. The van der Waals surface area contributed by atoms with Crippen LogP contribution in [0.15, 0.2) is 52.5 Å². The van der Waals surface area contributed by atoms with Gasteiger partial charge in [0, 0.05) is 24.0 Å². The molecule has 1 aliphatic rings. The summed E-state index contributed by atoms with van der Waals surface area (Å²) in [5, 5.41) is 5.47. The van der Waals surface area contributed by atoms with Crippen molar-refractivity contribution in [2.45, 2.75) is 39.0 Å². The van der Waals surface area contributed by atoms with Crippen molar-refractivity contribution in [1.29, 1.82) is 0 Å². The van der Waals surface area contributed by atoms with E-state index in [2.05, 4.69) is 55.3 Å². The first-order valence-corrected chi connectivity index (χ1v) is 11.4. The molecule has 162 valence electrons. The molecule has 2 aromatic heterocycles. The first-order chi connectivity index (χ1) is 14.8. The van der Waals surface area contributed by atoms with E-state index < -0.39 is 0 Å². The van der Waals surface area contributed by atoms with E-state index in [4.69, 9.17) is 4.42 Å². The fraction of sp³-hybridized carbons (Fsp3) is 0.375. The number of amides is 2. The van der Waals surface area contributed by atoms with Crippen molar-refractivity contribution in [3.8, 4) is 11.3 Å². The van der Waals surface area contributed by atoms with E-state index >= 15 is 0 Å². The molecule has 3 aromatic rings. The molecule has 0 unspecified atom stereocenters. The molecule has 1 aromatic carbocycles. The molecule has 6 nitrogen and oxygen atoms in total. The number of carbonyl (C=O) groups excluding carboxylic acids is 2. The average Bonchev–Trinajstić information content (AvgIpc) is 3.45. The smallest absolute Gasteiger partial charge is 0.289 e. The van der Waals surface area contributed by atoms with Gasteiger partial charge in [-0.2, -0.15) is 0 Å². The van der Waals surface area contributed by atoms with Crippen molar-refractivity contribution < 1.29 is 14.0 Å². The number of piperidine rings is 1. The van der Waals surface area contributed by atoms with Crippen molar-refractivity contribution in [2.75, 3.05) is 18.4 Å². The Bertz CT molecular complexity index is 1050.